The van der Waals surface area contributed by atoms with Crippen LogP contribution in [0, 0.1) is 0 Å². The minimum absolute atomic E-state index is 0.105. The van der Waals surface area contributed by atoms with Crippen LogP contribution in [0.5, 0.6) is 0 Å². The minimum atomic E-state index is -0.105. The van der Waals surface area contributed by atoms with E-state index < -0.39 is 0 Å². The first-order valence-electron chi connectivity index (χ1n) is 25.0. The molecule has 11 aromatic carbocycles. The van der Waals surface area contributed by atoms with Crippen LogP contribution in [0.15, 0.2) is 255 Å². The van der Waals surface area contributed by atoms with Gasteiger partial charge < -0.3 is 18.3 Å². The Hall–Kier alpha value is -10.0. The molecule has 0 radical (unpaired) electrons. The smallest absolute Gasteiger partial charge is 0.193 e. The molecule has 346 valence electrons. The van der Waals surface area contributed by atoms with Crippen LogP contribution in [0.1, 0.15) is 31.8 Å². The zero-order valence-corrected chi connectivity index (χ0v) is 39.9. The van der Waals surface area contributed by atoms with E-state index in [2.05, 4.69) is 200 Å². The summed E-state index contributed by atoms with van der Waals surface area (Å²) in [6.07, 6.45) is 0. The molecular formula is C68H42N4O2. The second kappa shape index (κ2) is 16.2. The van der Waals surface area contributed by atoms with E-state index in [0.717, 1.165) is 66.4 Å². The van der Waals surface area contributed by atoms with Crippen molar-refractivity contribution in [2.75, 3.05) is 0 Å². The minimum Gasteiger partial charge on any atom is -0.309 e. The maximum atomic E-state index is 14.0. The summed E-state index contributed by atoms with van der Waals surface area (Å²) >= 11 is 0. The highest BCUT2D eigenvalue weighted by molar-refractivity contribution is 6.15. The largest absolute Gasteiger partial charge is 0.309 e. The zero-order valence-electron chi connectivity index (χ0n) is 39.9. The highest BCUT2D eigenvalue weighted by atomic mass is 16.1. The fourth-order valence-corrected chi connectivity index (χ4v) is 11.8. The van der Waals surface area contributed by atoms with Crippen LogP contribution in [0.3, 0.4) is 0 Å². The normalized spacial score (nSPS) is 11.9. The number of rotatable bonds is 8. The summed E-state index contributed by atoms with van der Waals surface area (Å²) < 4.78 is 9.25. The Labute approximate surface area is 424 Å². The molecule has 0 amide bonds. The van der Waals surface area contributed by atoms with E-state index in [1.54, 1.807) is 24.3 Å². The van der Waals surface area contributed by atoms with E-state index in [1.165, 1.54) is 43.6 Å². The van der Waals surface area contributed by atoms with Crippen LogP contribution in [-0.4, -0.2) is 29.8 Å². The van der Waals surface area contributed by atoms with Gasteiger partial charge >= 0.3 is 0 Å². The molecule has 0 atom stereocenters. The van der Waals surface area contributed by atoms with Crippen molar-refractivity contribution < 1.29 is 9.59 Å². The Morgan fingerprint density at radius 1 is 0.203 bits per heavy atom. The van der Waals surface area contributed by atoms with Crippen LogP contribution >= 0.6 is 0 Å². The Kier molecular flexibility index (Phi) is 9.16. The number of hydrogen-bond donors (Lipinski definition) is 0. The standard InChI is InChI=1S/C68H42N4O2/c73-67(45-29-33-47(34-30-45)69-63-23-11-5-17-55(63)57-41-49(37-39-65(57)69)71-59-19-7-1-13-51(59)52-14-2-8-20-60(52)71)43-25-27-44(28-26-43)68(74)46-31-35-48(36-32-46)70-64-24-12-6-18-56(64)58-42-50(38-40-66(58)70)72-61-21-9-3-15-53(61)54-16-4-10-22-62(54)72/h1-42H. The number of carbonyl (C=O) groups is 2. The van der Waals surface area contributed by atoms with Crippen LogP contribution in [0.25, 0.3) is 110 Å². The first-order valence-corrected chi connectivity index (χ1v) is 25.0. The third-order valence-corrected chi connectivity index (χ3v) is 15.2. The summed E-state index contributed by atoms with van der Waals surface area (Å²) in [6, 6.07) is 87.4. The Bertz CT molecular complexity index is 4380. The fraction of sp³-hybridized carbons (Fsp3) is 0. The van der Waals surface area contributed by atoms with Gasteiger partial charge in [-0.25, -0.2) is 0 Å². The maximum absolute atomic E-state index is 14.0. The van der Waals surface area contributed by atoms with Crippen molar-refractivity contribution in [3.8, 4) is 22.7 Å². The monoisotopic (exact) mass is 946 g/mol. The lowest BCUT2D eigenvalue weighted by atomic mass is 9.98. The quantitative estimate of drug-likeness (QED) is 0.143. The van der Waals surface area contributed by atoms with E-state index >= 15 is 0 Å². The van der Waals surface area contributed by atoms with E-state index in [1.807, 2.05) is 48.5 Å². The average molecular weight is 947 g/mol. The van der Waals surface area contributed by atoms with Crippen molar-refractivity contribution in [1.82, 2.24) is 18.3 Å². The molecular weight excluding hydrogens is 905 g/mol. The third-order valence-electron chi connectivity index (χ3n) is 15.2. The number of benzene rings is 11. The summed E-state index contributed by atoms with van der Waals surface area (Å²) in [6.45, 7) is 0. The van der Waals surface area contributed by atoms with E-state index in [0.29, 0.717) is 22.3 Å². The topological polar surface area (TPSA) is 53.9 Å². The number of carbonyl (C=O) groups excluding carboxylic acids is 2. The molecule has 0 bridgehead atoms. The van der Waals surface area contributed by atoms with E-state index in [9.17, 15) is 9.59 Å². The second-order valence-corrected chi connectivity index (χ2v) is 19.2. The maximum Gasteiger partial charge on any atom is 0.193 e. The molecule has 6 heteroatoms. The molecule has 0 unspecified atom stereocenters. The van der Waals surface area contributed by atoms with E-state index in [-0.39, 0.29) is 11.6 Å². The summed E-state index contributed by atoms with van der Waals surface area (Å²) in [5.74, 6) is -0.211. The molecule has 15 rings (SSSR count). The molecule has 4 heterocycles. The summed E-state index contributed by atoms with van der Waals surface area (Å²) in [4.78, 5) is 28.0. The van der Waals surface area contributed by atoms with Crippen LogP contribution < -0.4 is 0 Å². The zero-order chi connectivity index (χ0) is 49.0. The molecule has 74 heavy (non-hydrogen) atoms. The molecule has 0 saturated heterocycles. The van der Waals surface area contributed by atoms with Gasteiger partial charge in [-0.1, -0.05) is 133 Å². The molecule has 4 aromatic heterocycles. The Morgan fingerprint density at radius 3 is 0.689 bits per heavy atom. The van der Waals surface area contributed by atoms with Gasteiger partial charge in [0.1, 0.15) is 0 Å². The van der Waals surface area contributed by atoms with Crippen molar-refractivity contribution in [1.29, 1.82) is 0 Å². The van der Waals surface area contributed by atoms with Gasteiger partial charge in [0.25, 0.3) is 0 Å². The predicted octanol–water partition coefficient (Wildman–Crippen LogP) is 16.5. The number of hydrogen-bond acceptors (Lipinski definition) is 2. The second-order valence-electron chi connectivity index (χ2n) is 19.2. The van der Waals surface area contributed by atoms with Gasteiger partial charge in [-0.2, -0.15) is 0 Å². The van der Waals surface area contributed by atoms with Crippen molar-refractivity contribution in [2.45, 2.75) is 0 Å². The van der Waals surface area contributed by atoms with Crippen LogP contribution in [0.4, 0.5) is 0 Å². The van der Waals surface area contributed by atoms with Gasteiger partial charge in [0.2, 0.25) is 0 Å². The molecule has 15 aromatic rings. The lowest BCUT2D eigenvalue weighted by Gasteiger charge is -2.11. The van der Waals surface area contributed by atoms with Crippen molar-refractivity contribution in [2.24, 2.45) is 0 Å². The van der Waals surface area contributed by atoms with Gasteiger partial charge in [-0.15, -0.1) is 0 Å². The number of para-hydroxylation sites is 6. The Morgan fingerprint density at radius 2 is 0.405 bits per heavy atom. The summed E-state index contributed by atoms with van der Waals surface area (Å²) in [5.41, 5.74) is 15.4. The molecule has 0 aliphatic heterocycles. The molecule has 0 spiro atoms. The molecule has 6 nitrogen and oxygen atoms in total. The van der Waals surface area contributed by atoms with Crippen molar-refractivity contribution >= 4 is 98.8 Å². The van der Waals surface area contributed by atoms with Gasteiger partial charge in [0.05, 0.1) is 44.1 Å². The van der Waals surface area contributed by atoms with Gasteiger partial charge in [-0.05, 0) is 121 Å². The first-order chi connectivity index (χ1) is 36.6. The lowest BCUT2D eigenvalue weighted by molar-refractivity contribution is 0.102. The predicted molar refractivity (Wildman–Crippen MR) is 304 cm³/mol. The summed E-state index contributed by atoms with van der Waals surface area (Å²) in [5, 5.41) is 9.54. The highest BCUT2D eigenvalue weighted by Crippen LogP contribution is 2.39. The molecule has 0 N–H and O–H groups in total. The molecule has 0 saturated carbocycles. The fourth-order valence-electron chi connectivity index (χ4n) is 11.8. The van der Waals surface area contributed by atoms with Gasteiger partial charge in [-0.3, -0.25) is 9.59 Å². The number of fused-ring (bicyclic) bond motifs is 12. The Balaban J connectivity index is 0.699. The van der Waals surface area contributed by atoms with Gasteiger partial charge in [0.15, 0.2) is 11.6 Å². The van der Waals surface area contributed by atoms with E-state index in [4.69, 9.17) is 0 Å². The number of nitrogens with zero attached hydrogens (tertiary/aromatic N) is 4. The van der Waals surface area contributed by atoms with Crippen molar-refractivity contribution in [3.63, 3.8) is 0 Å². The first kappa shape index (κ1) is 41.7. The highest BCUT2D eigenvalue weighted by Gasteiger charge is 2.20. The SMILES string of the molecule is O=C(c1ccc(C(=O)c2ccc(-n3c4ccccc4c4cc(-n5c6ccccc6c6ccccc65)ccc43)cc2)cc1)c1ccc(-n2c3ccccc3c3cc(-n4c5ccccc5c5ccccc54)ccc32)cc1. The third kappa shape index (κ3) is 6.25. The van der Waals surface area contributed by atoms with Crippen LogP contribution in [-0.2, 0) is 0 Å². The number of ketones is 2. The van der Waals surface area contributed by atoms with Crippen LogP contribution in [0.2, 0.25) is 0 Å². The number of aromatic nitrogens is 4. The molecule has 0 aliphatic carbocycles. The average Bonchev–Trinajstić information content (AvgIpc) is 4.20. The van der Waals surface area contributed by atoms with Gasteiger partial charge in [0, 0.05) is 88.1 Å². The molecule has 0 fully saturated rings. The molecule has 0 aliphatic rings. The van der Waals surface area contributed by atoms with Crippen molar-refractivity contribution in [3.05, 3.63) is 277 Å². The summed E-state index contributed by atoms with van der Waals surface area (Å²) in [7, 11) is 0. The lowest BCUT2D eigenvalue weighted by Crippen LogP contribution is -2.05.